The van der Waals surface area contributed by atoms with E-state index in [0.29, 0.717) is 6.61 Å². The Morgan fingerprint density at radius 2 is 1.94 bits per heavy atom. The van der Waals surface area contributed by atoms with Gasteiger partial charge in [0.1, 0.15) is 10.6 Å². The largest absolute Gasteiger partial charge is 0.369 e. The molecule has 2 aliphatic heterocycles. The molecule has 0 amide bonds. The van der Waals surface area contributed by atoms with E-state index in [1.807, 2.05) is 23.1 Å². The second kappa shape index (κ2) is 10.5. The normalized spacial score (nSPS) is 21.2. The summed E-state index contributed by atoms with van der Waals surface area (Å²) in [6.45, 7) is 9.59. The van der Waals surface area contributed by atoms with Gasteiger partial charge >= 0.3 is 0 Å². The van der Waals surface area contributed by atoms with Crippen LogP contribution in [0.1, 0.15) is 68.9 Å². The molecule has 0 unspecified atom stereocenters. The van der Waals surface area contributed by atoms with Gasteiger partial charge in [-0.15, -0.1) is 11.3 Å². The Bertz CT molecular complexity index is 1110. The maximum absolute atomic E-state index is 6.28. The Kier molecular flexibility index (Phi) is 7.47. The average molecular weight is 496 g/mol. The van der Waals surface area contributed by atoms with Gasteiger partial charge in [-0.2, -0.15) is 0 Å². The van der Waals surface area contributed by atoms with Crippen molar-refractivity contribution >= 4 is 39.1 Å². The quantitative estimate of drug-likeness (QED) is 0.186. The standard InChI is InChI=1S/C28H37N3OS2/c1-4-6-16-33-27-29-25(31-14-12-21(13-15-31)17-20-10-8-7-9-11-20)24-22-18-28(3,5-2)32-19-23(22)34-26(24)30-27/h7-11,21H,4-6,12-19H2,1-3H3/t28-/m0/s1. The molecule has 1 aromatic carbocycles. The van der Waals surface area contributed by atoms with Gasteiger partial charge in [-0.25, -0.2) is 9.97 Å². The van der Waals surface area contributed by atoms with Crippen LogP contribution in [0.15, 0.2) is 35.5 Å². The van der Waals surface area contributed by atoms with E-state index in [1.165, 1.54) is 59.3 Å². The van der Waals surface area contributed by atoms with Crippen molar-refractivity contribution in [1.82, 2.24) is 9.97 Å². The average Bonchev–Trinajstić information content (AvgIpc) is 3.22. The van der Waals surface area contributed by atoms with E-state index in [-0.39, 0.29) is 5.60 Å². The number of fused-ring (bicyclic) bond motifs is 3. The van der Waals surface area contributed by atoms with Gasteiger partial charge < -0.3 is 9.64 Å². The second-order valence-electron chi connectivity index (χ2n) is 10.1. The summed E-state index contributed by atoms with van der Waals surface area (Å²) >= 11 is 3.65. The fraction of sp³-hybridized carbons (Fsp3) is 0.571. The number of piperidine rings is 1. The van der Waals surface area contributed by atoms with Crippen LogP contribution in [-0.4, -0.2) is 34.4 Å². The van der Waals surface area contributed by atoms with Crippen LogP contribution in [0.4, 0.5) is 5.82 Å². The highest BCUT2D eigenvalue weighted by molar-refractivity contribution is 7.99. The molecule has 1 fully saturated rings. The molecule has 5 rings (SSSR count). The molecular weight excluding hydrogens is 458 g/mol. The lowest BCUT2D eigenvalue weighted by atomic mass is 9.89. The van der Waals surface area contributed by atoms with E-state index in [9.17, 15) is 0 Å². The number of unbranched alkanes of at least 4 members (excludes halogenated alkanes) is 1. The molecule has 0 aliphatic carbocycles. The third-order valence-electron chi connectivity index (χ3n) is 7.56. The molecule has 3 aromatic rings. The number of aromatic nitrogens is 2. The van der Waals surface area contributed by atoms with Crippen molar-refractivity contribution in [1.29, 1.82) is 0 Å². The van der Waals surface area contributed by atoms with Crippen LogP contribution in [0.2, 0.25) is 0 Å². The summed E-state index contributed by atoms with van der Waals surface area (Å²) in [4.78, 5) is 15.3. The van der Waals surface area contributed by atoms with Gasteiger partial charge in [0.25, 0.3) is 0 Å². The number of ether oxygens (including phenoxy) is 1. The Morgan fingerprint density at radius 1 is 1.15 bits per heavy atom. The molecule has 182 valence electrons. The summed E-state index contributed by atoms with van der Waals surface area (Å²) in [5, 5.41) is 2.25. The highest BCUT2D eigenvalue weighted by atomic mass is 32.2. The zero-order chi connectivity index (χ0) is 23.5. The lowest BCUT2D eigenvalue weighted by Gasteiger charge is -2.35. The summed E-state index contributed by atoms with van der Waals surface area (Å²) in [5.41, 5.74) is 2.82. The van der Waals surface area contributed by atoms with E-state index in [2.05, 4.69) is 56.0 Å². The lowest BCUT2D eigenvalue weighted by molar-refractivity contribution is -0.0543. The molecule has 34 heavy (non-hydrogen) atoms. The Labute approximate surface area is 212 Å². The van der Waals surface area contributed by atoms with Crippen molar-refractivity contribution in [2.75, 3.05) is 23.7 Å². The van der Waals surface area contributed by atoms with Gasteiger partial charge in [-0.05, 0) is 56.1 Å². The first-order valence-corrected chi connectivity index (χ1v) is 14.8. The van der Waals surface area contributed by atoms with Crippen molar-refractivity contribution in [3.8, 4) is 0 Å². The number of hydrogen-bond acceptors (Lipinski definition) is 6. The number of anilines is 1. The van der Waals surface area contributed by atoms with Gasteiger partial charge in [0.05, 0.1) is 17.6 Å². The smallest absolute Gasteiger partial charge is 0.190 e. The van der Waals surface area contributed by atoms with Gasteiger partial charge in [0.2, 0.25) is 0 Å². The number of hydrogen-bond donors (Lipinski definition) is 0. The number of rotatable bonds is 8. The Balaban J connectivity index is 1.43. The molecule has 0 bridgehead atoms. The summed E-state index contributed by atoms with van der Waals surface area (Å²) < 4.78 is 6.28. The summed E-state index contributed by atoms with van der Waals surface area (Å²) in [5.74, 6) is 3.02. The number of thiophene rings is 1. The maximum atomic E-state index is 6.28. The minimum absolute atomic E-state index is 0.0878. The number of nitrogens with zero attached hydrogens (tertiary/aromatic N) is 3. The third-order valence-corrected chi connectivity index (χ3v) is 9.59. The lowest BCUT2D eigenvalue weighted by Crippen LogP contribution is -2.36. The van der Waals surface area contributed by atoms with E-state index in [4.69, 9.17) is 14.7 Å². The van der Waals surface area contributed by atoms with E-state index < -0.39 is 0 Å². The number of thioether (sulfide) groups is 1. The van der Waals surface area contributed by atoms with E-state index in [1.54, 1.807) is 0 Å². The first-order chi connectivity index (χ1) is 16.6. The first-order valence-electron chi connectivity index (χ1n) is 13.0. The van der Waals surface area contributed by atoms with Crippen LogP contribution < -0.4 is 4.90 Å². The topological polar surface area (TPSA) is 38.2 Å². The van der Waals surface area contributed by atoms with Crippen molar-refractivity contribution in [2.24, 2.45) is 5.92 Å². The molecule has 1 atom stereocenters. The molecule has 0 spiro atoms. The molecule has 0 N–H and O–H groups in total. The van der Waals surface area contributed by atoms with E-state index in [0.717, 1.165) is 47.6 Å². The zero-order valence-corrected chi connectivity index (χ0v) is 22.4. The van der Waals surface area contributed by atoms with Crippen LogP contribution >= 0.6 is 23.1 Å². The van der Waals surface area contributed by atoms with Crippen molar-refractivity contribution in [2.45, 2.75) is 83.1 Å². The second-order valence-corrected chi connectivity index (χ2v) is 12.3. The van der Waals surface area contributed by atoms with Crippen molar-refractivity contribution in [3.05, 3.63) is 46.3 Å². The molecule has 2 aliphatic rings. The van der Waals surface area contributed by atoms with Crippen LogP contribution in [0.25, 0.3) is 10.2 Å². The van der Waals surface area contributed by atoms with Crippen LogP contribution in [0, 0.1) is 5.92 Å². The monoisotopic (exact) mass is 495 g/mol. The summed E-state index contributed by atoms with van der Waals surface area (Å²) in [6, 6.07) is 11.0. The zero-order valence-electron chi connectivity index (χ0n) is 20.8. The molecular formula is C28H37N3OS2. The van der Waals surface area contributed by atoms with Gasteiger partial charge in [-0.3, -0.25) is 0 Å². The molecule has 0 saturated carbocycles. The highest BCUT2D eigenvalue weighted by Crippen LogP contribution is 2.44. The number of benzene rings is 1. The fourth-order valence-electron chi connectivity index (χ4n) is 5.16. The predicted molar refractivity (Wildman–Crippen MR) is 145 cm³/mol. The van der Waals surface area contributed by atoms with Gasteiger partial charge in [0.15, 0.2) is 5.16 Å². The fourth-order valence-corrected chi connectivity index (χ4v) is 7.24. The molecule has 4 nitrogen and oxygen atoms in total. The molecule has 6 heteroatoms. The minimum Gasteiger partial charge on any atom is -0.369 e. The van der Waals surface area contributed by atoms with Crippen LogP contribution in [0.3, 0.4) is 0 Å². The predicted octanol–water partition coefficient (Wildman–Crippen LogP) is 7.28. The summed E-state index contributed by atoms with van der Waals surface area (Å²) in [7, 11) is 0. The molecule has 1 saturated heterocycles. The maximum Gasteiger partial charge on any atom is 0.190 e. The molecule has 4 heterocycles. The van der Waals surface area contributed by atoms with Gasteiger partial charge in [0, 0.05) is 30.1 Å². The Morgan fingerprint density at radius 3 is 2.68 bits per heavy atom. The SMILES string of the molecule is CCCCSc1nc(N2CCC(Cc3ccccc3)CC2)c2c3c(sc2n1)CO[C@@](C)(CC)C3. The Hall–Kier alpha value is -1.63. The van der Waals surface area contributed by atoms with Gasteiger partial charge in [-0.1, -0.05) is 62.4 Å². The van der Waals surface area contributed by atoms with Crippen molar-refractivity contribution < 1.29 is 4.74 Å². The molecule has 0 radical (unpaired) electrons. The highest BCUT2D eigenvalue weighted by Gasteiger charge is 2.34. The van der Waals surface area contributed by atoms with Crippen LogP contribution in [0.5, 0.6) is 0 Å². The minimum atomic E-state index is -0.0878. The first kappa shape index (κ1) is 24.1. The summed E-state index contributed by atoms with van der Waals surface area (Å²) in [6.07, 6.45) is 8.03. The van der Waals surface area contributed by atoms with E-state index >= 15 is 0 Å². The van der Waals surface area contributed by atoms with Crippen molar-refractivity contribution in [3.63, 3.8) is 0 Å². The van der Waals surface area contributed by atoms with Crippen LogP contribution in [-0.2, 0) is 24.2 Å². The third kappa shape index (κ3) is 5.14. The molecule has 2 aromatic heterocycles.